The SMILES string of the molecule is CCOC(=O)c1ccc(NC(=O)COC(=O)[C@H]2CC=CCC2)cc1. The molecule has 0 radical (unpaired) electrons. The molecule has 1 N–H and O–H groups in total. The second-order valence-corrected chi connectivity index (χ2v) is 5.44. The van der Waals surface area contributed by atoms with E-state index in [9.17, 15) is 14.4 Å². The summed E-state index contributed by atoms with van der Waals surface area (Å²) in [6, 6.07) is 6.32. The molecule has 6 heteroatoms. The highest BCUT2D eigenvalue weighted by Gasteiger charge is 2.21. The molecule has 1 aromatic carbocycles. The lowest BCUT2D eigenvalue weighted by atomic mass is 9.95. The molecule has 1 aromatic rings. The van der Waals surface area contributed by atoms with Crippen molar-refractivity contribution in [2.24, 2.45) is 5.92 Å². The highest BCUT2D eigenvalue weighted by molar-refractivity contribution is 5.94. The third kappa shape index (κ3) is 5.22. The summed E-state index contributed by atoms with van der Waals surface area (Å²) in [4.78, 5) is 35.2. The average molecular weight is 331 g/mol. The van der Waals surface area contributed by atoms with Crippen molar-refractivity contribution < 1.29 is 23.9 Å². The number of rotatable bonds is 6. The first-order valence-corrected chi connectivity index (χ1v) is 7.99. The maximum atomic E-state index is 11.8. The van der Waals surface area contributed by atoms with Gasteiger partial charge in [-0.1, -0.05) is 12.2 Å². The summed E-state index contributed by atoms with van der Waals surface area (Å²) in [5.41, 5.74) is 0.927. The predicted molar refractivity (Wildman–Crippen MR) is 88.5 cm³/mol. The zero-order valence-corrected chi connectivity index (χ0v) is 13.6. The van der Waals surface area contributed by atoms with Crippen molar-refractivity contribution in [2.45, 2.75) is 26.2 Å². The molecule has 0 spiro atoms. The van der Waals surface area contributed by atoms with E-state index in [0.717, 1.165) is 12.8 Å². The summed E-state index contributed by atoms with van der Waals surface area (Å²) < 4.78 is 9.93. The van der Waals surface area contributed by atoms with E-state index in [1.165, 1.54) is 0 Å². The van der Waals surface area contributed by atoms with Gasteiger partial charge in [-0.3, -0.25) is 9.59 Å². The molecule has 1 atom stereocenters. The Hall–Kier alpha value is -2.63. The maximum Gasteiger partial charge on any atom is 0.338 e. The van der Waals surface area contributed by atoms with Gasteiger partial charge < -0.3 is 14.8 Å². The molecule has 0 fully saturated rings. The fourth-order valence-electron chi connectivity index (χ4n) is 2.36. The predicted octanol–water partition coefficient (Wildman–Crippen LogP) is 2.70. The van der Waals surface area contributed by atoms with Gasteiger partial charge in [0, 0.05) is 5.69 Å². The maximum absolute atomic E-state index is 11.8. The summed E-state index contributed by atoms with van der Waals surface area (Å²) in [5.74, 6) is -1.33. The van der Waals surface area contributed by atoms with Gasteiger partial charge in [0.1, 0.15) is 0 Å². The second kappa shape index (κ2) is 8.86. The average Bonchev–Trinajstić information content (AvgIpc) is 2.61. The molecule has 128 valence electrons. The number of carbonyl (C=O) groups excluding carboxylic acids is 3. The van der Waals surface area contributed by atoms with E-state index < -0.39 is 11.9 Å². The number of amides is 1. The van der Waals surface area contributed by atoms with Gasteiger partial charge in [-0.15, -0.1) is 0 Å². The first kappa shape index (κ1) is 17.7. The summed E-state index contributed by atoms with van der Waals surface area (Å²) in [5, 5.41) is 2.62. The number of ether oxygens (including phenoxy) is 2. The highest BCUT2D eigenvalue weighted by atomic mass is 16.5. The lowest BCUT2D eigenvalue weighted by molar-refractivity contribution is -0.151. The van der Waals surface area contributed by atoms with Crippen molar-refractivity contribution in [3.63, 3.8) is 0 Å². The standard InChI is InChI=1S/C18H21NO5/c1-2-23-17(21)14-8-10-15(11-9-14)19-16(20)12-24-18(22)13-6-4-3-5-7-13/h3-4,8-11,13H,2,5-7,12H2,1H3,(H,19,20)/t13-/m0/s1. The van der Waals surface area contributed by atoms with E-state index in [-0.39, 0.29) is 18.5 Å². The van der Waals surface area contributed by atoms with Crippen LogP contribution in [0.25, 0.3) is 0 Å². The van der Waals surface area contributed by atoms with Crippen molar-refractivity contribution in [3.05, 3.63) is 42.0 Å². The normalized spacial score (nSPS) is 16.3. The van der Waals surface area contributed by atoms with Crippen LogP contribution in [0.4, 0.5) is 5.69 Å². The molecule has 2 rings (SSSR count). The Kier molecular flexibility index (Phi) is 6.54. The van der Waals surface area contributed by atoms with E-state index in [2.05, 4.69) is 5.32 Å². The summed E-state index contributed by atoms with van der Waals surface area (Å²) in [7, 11) is 0. The molecule has 0 saturated heterocycles. The van der Waals surface area contributed by atoms with Gasteiger partial charge in [-0.25, -0.2) is 4.79 Å². The van der Waals surface area contributed by atoms with E-state index >= 15 is 0 Å². The van der Waals surface area contributed by atoms with Gasteiger partial charge in [-0.05, 0) is 50.5 Å². The molecule has 0 unspecified atom stereocenters. The monoisotopic (exact) mass is 331 g/mol. The van der Waals surface area contributed by atoms with Gasteiger partial charge in [0.05, 0.1) is 18.1 Å². The Bertz CT molecular complexity index is 621. The Morgan fingerprint density at radius 2 is 1.88 bits per heavy atom. The molecule has 0 saturated carbocycles. The van der Waals surface area contributed by atoms with Crippen LogP contribution in [0.15, 0.2) is 36.4 Å². The van der Waals surface area contributed by atoms with Crippen LogP contribution in [0.3, 0.4) is 0 Å². The fourth-order valence-corrected chi connectivity index (χ4v) is 2.36. The fraction of sp³-hybridized carbons (Fsp3) is 0.389. The van der Waals surface area contributed by atoms with Crippen molar-refractivity contribution >= 4 is 23.5 Å². The van der Waals surface area contributed by atoms with E-state index in [1.54, 1.807) is 31.2 Å². The second-order valence-electron chi connectivity index (χ2n) is 5.44. The van der Waals surface area contributed by atoms with Gasteiger partial charge in [0.25, 0.3) is 5.91 Å². The van der Waals surface area contributed by atoms with Crippen molar-refractivity contribution in [3.8, 4) is 0 Å². The van der Waals surface area contributed by atoms with Gasteiger partial charge in [0.15, 0.2) is 6.61 Å². The molecule has 1 aliphatic rings. The van der Waals surface area contributed by atoms with Crippen molar-refractivity contribution in [1.29, 1.82) is 0 Å². The van der Waals surface area contributed by atoms with Crippen LogP contribution in [-0.4, -0.2) is 31.1 Å². The molecule has 1 amide bonds. The molecule has 6 nitrogen and oxygen atoms in total. The van der Waals surface area contributed by atoms with Crippen LogP contribution in [0.1, 0.15) is 36.5 Å². The first-order chi connectivity index (χ1) is 11.6. The smallest absolute Gasteiger partial charge is 0.338 e. The zero-order valence-electron chi connectivity index (χ0n) is 13.6. The highest BCUT2D eigenvalue weighted by Crippen LogP contribution is 2.19. The summed E-state index contributed by atoms with van der Waals surface area (Å²) >= 11 is 0. The third-order valence-electron chi connectivity index (χ3n) is 3.63. The summed E-state index contributed by atoms with van der Waals surface area (Å²) in [6.07, 6.45) is 6.28. The Morgan fingerprint density at radius 3 is 2.50 bits per heavy atom. The number of allylic oxidation sites excluding steroid dienone is 2. The number of hydrogen-bond donors (Lipinski definition) is 1. The number of nitrogens with one attached hydrogen (secondary N) is 1. The Balaban J connectivity index is 1.78. The lowest BCUT2D eigenvalue weighted by Gasteiger charge is -2.16. The number of benzene rings is 1. The van der Waals surface area contributed by atoms with Crippen LogP contribution in [0.2, 0.25) is 0 Å². The minimum absolute atomic E-state index is 0.160. The molecule has 0 aromatic heterocycles. The molecule has 24 heavy (non-hydrogen) atoms. The quantitative estimate of drug-likeness (QED) is 0.640. The number of anilines is 1. The van der Waals surface area contributed by atoms with Gasteiger partial charge in [0.2, 0.25) is 0 Å². The van der Waals surface area contributed by atoms with Crippen LogP contribution in [0.5, 0.6) is 0 Å². The topological polar surface area (TPSA) is 81.7 Å². The van der Waals surface area contributed by atoms with Gasteiger partial charge in [-0.2, -0.15) is 0 Å². The Morgan fingerprint density at radius 1 is 1.12 bits per heavy atom. The minimum atomic E-state index is -0.418. The first-order valence-electron chi connectivity index (χ1n) is 7.99. The molecule has 0 bridgehead atoms. The molecular formula is C18H21NO5. The van der Waals surface area contributed by atoms with Crippen LogP contribution < -0.4 is 5.32 Å². The minimum Gasteiger partial charge on any atom is -0.462 e. The van der Waals surface area contributed by atoms with Gasteiger partial charge >= 0.3 is 11.9 Å². The molecular weight excluding hydrogens is 310 g/mol. The van der Waals surface area contributed by atoms with E-state index in [1.807, 2.05) is 12.2 Å². The van der Waals surface area contributed by atoms with Crippen LogP contribution in [-0.2, 0) is 19.1 Å². The van der Waals surface area contributed by atoms with Crippen molar-refractivity contribution in [1.82, 2.24) is 0 Å². The number of esters is 2. The largest absolute Gasteiger partial charge is 0.462 e. The molecule has 0 heterocycles. The van der Waals surface area contributed by atoms with Crippen LogP contribution >= 0.6 is 0 Å². The summed E-state index contributed by atoms with van der Waals surface area (Å²) in [6.45, 7) is 1.72. The molecule has 1 aliphatic carbocycles. The zero-order chi connectivity index (χ0) is 17.4. The van der Waals surface area contributed by atoms with E-state index in [4.69, 9.17) is 9.47 Å². The number of carbonyl (C=O) groups is 3. The Labute approximate surface area is 140 Å². The number of hydrogen-bond acceptors (Lipinski definition) is 5. The van der Waals surface area contributed by atoms with E-state index in [0.29, 0.717) is 24.3 Å². The molecule has 0 aliphatic heterocycles. The lowest BCUT2D eigenvalue weighted by Crippen LogP contribution is -2.25. The van der Waals surface area contributed by atoms with Crippen molar-refractivity contribution in [2.75, 3.05) is 18.5 Å². The van der Waals surface area contributed by atoms with Crippen LogP contribution in [0, 0.1) is 5.92 Å². The third-order valence-corrected chi connectivity index (χ3v) is 3.63.